The van der Waals surface area contributed by atoms with Crippen molar-refractivity contribution < 1.29 is 27.5 Å². The van der Waals surface area contributed by atoms with Crippen LogP contribution in [0.15, 0.2) is 6.07 Å². The van der Waals surface area contributed by atoms with Crippen molar-refractivity contribution >= 4 is 11.8 Å². The lowest BCUT2D eigenvalue weighted by molar-refractivity contribution is -0.143. The smallest absolute Gasteiger partial charge is 0.436 e. The van der Waals surface area contributed by atoms with Crippen LogP contribution in [0.5, 0.6) is 0 Å². The second kappa shape index (κ2) is 3.37. The summed E-state index contributed by atoms with van der Waals surface area (Å²) in [6, 6.07) is 0.188. The van der Waals surface area contributed by atoms with Crippen LogP contribution in [-0.2, 0) is 6.18 Å². The Morgan fingerprint density at radius 1 is 1.47 bits per heavy atom. The first-order valence-electron chi connectivity index (χ1n) is 3.50. The van der Waals surface area contributed by atoms with Gasteiger partial charge in [0.15, 0.2) is 11.5 Å². The Morgan fingerprint density at radius 3 is 2.40 bits per heavy atom. The van der Waals surface area contributed by atoms with Crippen molar-refractivity contribution in [2.75, 3.05) is 5.73 Å². The molecule has 0 saturated heterocycles. The molecule has 4 nitrogen and oxygen atoms in total. The number of anilines is 1. The van der Waals surface area contributed by atoms with Crippen molar-refractivity contribution in [3.8, 4) is 0 Å². The van der Waals surface area contributed by atoms with Crippen LogP contribution in [-0.4, -0.2) is 16.1 Å². The van der Waals surface area contributed by atoms with Crippen LogP contribution in [0.2, 0.25) is 0 Å². The van der Waals surface area contributed by atoms with E-state index >= 15 is 0 Å². The van der Waals surface area contributed by atoms with Crippen LogP contribution in [0, 0.1) is 5.82 Å². The van der Waals surface area contributed by atoms with Gasteiger partial charge in [0.2, 0.25) is 0 Å². The minimum atomic E-state index is -5.00. The molecule has 0 unspecified atom stereocenters. The number of rotatable bonds is 1. The lowest BCUT2D eigenvalue weighted by Gasteiger charge is -2.08. The van der Waals surface area contributed by atoms with Gasteiger partial charge in [-0.1, -0.05) is 0 Å². The minimum Gasteiger partial charge on any atom is -0.478 e. The third-order valence-electron chi connectivity index (χ3n) is 1.50. The molecule has 0 aliphatic heterocycles. The molecule has 0 aromatic carbocycles. The number of carboxylic acid groups (broad SMARTS) is 1. The standard InChI is InChI=1S/C7H4F4N2O2/c8-3-1-2(6(14)15)5(12)13-4(3)7(9,10)11/h1H,(H2,12,13)(H,14,15). The van der Waals surface area contributed by atoms with Crippen LogP contribution in [0.1, 0.15) is 16.1 Å². The maximum atomic E-state index is 12.8. The number of aromatic nitrogens is 1. The number of halogens is 4. The number of carboxylic acids is 1. The quantitative estimate of drug-likeness (QED) is 0.709. The number of aromatic carboxylic acids is 1. The summed E-state index contributed by atoms with van der Waals surface area (Å²) in [6.45, 7) is 0. The van der Waals surface area contributed by atoms with Gasteiger partial charge >= 0.3 is 12.1 Å². The fraction of sp³-hybridized carbons (Fsp3) is 0.143. The number of hydrogen-bond donors (Lipinski definition) is 2. The van der Waals surface area contributed by atoms with E-state index in [0.717, 1.165) is 0 Å². The van der Waals surface area contributed by atoms with Crippen molar-refractivity contribution in [1.82, 2.24) is 4.98 Å². The number of hydrogen-bond acceptors (Lipinski definition) is 3. The van der Waals surface area contributed by atoms with E-state index in [0.29, 0.717) is 0 Å². The lowest BCUT2D eigenvalue weighted by atomic mass is 10.2. The van der Waals surface area contributed by atoms with E-state index in [9.17, 15) is 22.4 Å². The first-order chi connectivity index (χ1) is 6.73. The summed E-state index contributed by atoms with van der Waals surface area (Å²) in [5.41, 5.74) is 2.30. The molecule has 1 rings (SSSR count). The number of nitrogens with zero attached hydrogens (tertiary/aromatic N) is 1. The average Bonchev–Trinajstić information content (AvgIpc) is 2.06. The van der Waals surface area contributed by atoms with Crippen LogP contribution >= 0.6 is 0 Å². The SMILES string of the molecule is Nc1nc(C(F)(F)F)c(F)cc1C(=O)O. The topological polar surface area (TPSA) is 76.2 Å². The fourth-order valence-corrected chi connectivity index (χ4v) is 0.873. The largest absolute Gasteiger partial charge is 0.478 e. The molecule has 0 saturated carbocycles. The summed E-state index contributed by atoms with van der Waals surface area (Å²) in [4.78, 5) is 13.0. The summed E-state index contributed by atoms with van der Waals surface area (Å²) in [5, 5.41) is 8.42. The molecule has 0 fully saturated rings. The van der Waals surface area contributed by atoms with Crippen molar-refractivity contribution in [3.05, 3.63) is 23.1 Å². The Labute approximate surface area is 80.3 Å². The average molecular weight is 224 g/mol. The van der Waals surface area contributed by atoms with Gasteiger partial charge < -0.3 is 10.8 Å². The molecule has 1 heterocycles. The normalized spacial score (nSPS) is 11.5. The molecule has 1 aromatic heterocycles. The van der Waals surface area contributed by atoms with E-state index < -0.39 is 35.0 Å². The molecule has 3 N–H and O–H groups in total. The maximum absolute atomic E-state index is 12.8. The zero-order valence-electron chi connectivity index (χ0n) is 6.97. The van der Waals surface area contributed by atoms with Gasteiger partial charge in [0.1, 0.15) is 11.4 Å². The van der Waals surface area contributed by atoms with E-state index in [-0.39, 0.29) is 6.07 Å². The summed E-state index contributed by atoms with van der Waals surface area (Å²) in [6.07, 6.45) is -5.00. The van der Waals surface area contributed by atoms with Crippen molar-refractivity contribution in [3.63, 3.8) is 0 Å². The lowest BCUT2D eigenvalue weighted by Crippen LogP contribution is -2.15. The van der Waals surface area contributed by atoms with Crippen molar-refractivity contribution in [2.45, 2.75) is 6.18 Å². The Hall–Kier alpha value is -1.86. The molecule has 0 aliphatic carbocycles. The van der Waals surface area contributed by atoms with E-state index in [1.54, 1.807) is 0 Å². The second-order valence-electron chi connectivity index (χ2n) is 2.55. The number of pyridine rings is 1. The highest BCUT2D eigenvalue weighted by atomic mass is 19.4. The van der Waals surface area contributed by atoms with E-state index in [2.05, 4.69) is 4.98 Å². The number of carbonyl (C=O) groups is 1. The van der Waals surface area contributed by atoms with Gasteiger partial charge in [-0.15, -0.1) is 0 Å². The van der Waals surface area contributed by atoms with Crippen molar-refractivity contribution in [1.29, 1.82) is 0 Å². The number of alkyl halides is 3. The summed E-state index contributed by atoms with van der Waals surface area (Å²) < 4.78 is 49.0. The molecule has 0 amide bonds. The zero-order valence-corrected chi connectivity index (χ0v) is 6.97. The highest BCUT2D eigenvalue weighted by Crippen LogP contribution is 2.31. The first-order valence-corrected chi connectivity index (χ1v) is 3.50. The summed E-state index contributed by atoms with van der Waals surface area (Å²) >= 11 is 0. The number of nitrogen functional groups attached to an aromatic ring is 1. The molecule has 8 heteroatoms. The summed E-state index contributed by atoms with van der Waals surface area (Å²) in [7, 11) is 0. The van der Waals surface area contributed by atoms with Gasteiger partial charge in [0, 0.05) is 0 Å². The van der Waals surface area contributed by atoms with Crippen molar-refractivity contribution in [2.24, 2.45) is 0 Å². The third-order valence-corrected chi connectivity index (χ3v) is 1.50. The van der Waals surface area contributed by atoms with Gasteiger partial charge in [-0.3, -0.25) is 0 Å². The summed E-state index contributed by atoms with van der Waals surface area (Å²) in [5.74, 6) is -4.29. The van der Waals surface area contributed by atoms with E-state index in [4.69, 9.17) is 10.8 Å². The molecule has 0 radical (unpaired) electrons. The van der Waals surface area contributed by atoms with Gasteiger partial charge in [-0.2, -0.15) is 13.2 Å². The van der Waals surface area contributed by atoms with Gasteiger partial charge in [-0.05, 0) is 6.07 Å². The molecule has 15 heavy (non-hydrogen) atoms. The minimum absolute atomic E-state index is 0.188. The van der Waals surface area contributed by atoms with Crippen LogP contribution in [0.3, 0.4) is 0 Å². The van der Waals surface area contributed by atoms with E-state index in [1.165, 1.54) is 0 Å². The van der Waals surface area contributed by atoms with Gasteiger partial charge in [0.05, 0.1) is 0 Å². The van der Waals surface area contributed by atoms with Gasteiger partial charge in [0.25, 0.3) is 0 Å². The van der Waals surface area contributed by atoms with E-state index in [1.807, 2.05) is 0 Å². The monoisotopic (exact) mass is 224 g/mol. The van der Waals surface area contributed by atoms with Crippen LogP contribution < -0.4 is 5.73 Å². The third kappa shape index (κ3) is 2.14. The Kier molecular flexibility index (Phi) is 2.52. The van der Waals surface area contributed by atoms with Gasteiger partial charge in [-0.25, -0.2) is 14.2 Å². The first kappa shape index (κ1) is 11.2. The predicted molar refractivity (Wildman–Crippen MR) is 40.6 cm³/mol. The molecule has 0 aliphatic rings. The molecule has 0 atom stereocenters. The molecule has 0 bridgehead atoms. The maximum Gasteiger partial charge on any atom is 0.436 e. The molecular formula is C7H4F4N2O2. The predicted octanol–water partition coefficient (Wildman–Crippen LogP) is 1.52. The molecular weight excluding hydrogens is 220 g/mol. The van der Waals surface area contributed by atoms with Crippen LogP contribution in [0.4, 0.5) is 23.4 Å². The Morgan fingerprint density at radius 2 is 2.00 bits per heavy atom. The fourth-order valence-electron chi connectivity index (χ4n) is 0.873. The molecule has 1 aromatic rings. The highest BCUT2D eigenvalue weighted by molar-refractivity contribution is 5.92. The zero-order chi connectivity index (χ0) is 11.8. The Balaban J connectivity index is 3.39. The Bertz CT molecular complexity index is 416. The van der Waals surface area contributed by atoms with Crippen LogP contribution in [0.25, 0.3) is 0 Å². The molecule has 82 valence electrons. The second-order valence-corrected chi connectivity index (χ2v) is 2.55. The molecule has 0 spiro atoms. The number of nitrogens with two attached hydrogens (primary N) is 1. The highest BCUT2D eigenvalue weighted by Gasteiger charge is 2.37.